The molecular weight excluding hydrogens is 210 g/mol. The molecule has 1 N–H and O–H groups in total. The molecule has 1 amide bonds. The van der Waals surface area contributed by atoms with Gasteiger partial charge in [-0.2, -0.15) is 0 Å². The summed E-state index contributed by atoms with van der Waals surface area (Å²) in [5.74, 6) is -0.803. The van der Waals surface area contributed by atoms with Crippen molar-refractivity contribution in [2.24, 2.45) is 5.41 Å². The van der Waals surface area contributed by atoms with Gasteiger partial charge in [0.15, 0.2) is 0 Å². The van der Waals surface area contributed by atoms with E-state index in [9.17, 15) is 14.7 Å². The maximum atomic E-state index is 11.4. The summed E-state index contributed by atoms with van der Waals surface area (Å²) in [4.78, 5) is 24.2. The normalized spacial score (nSPS) is 25.2. The number of carbonyl (C=O) groups is 2. The van der Waals surface area contributed by atoms with Gasteiger partial charge in [-0.25, -0.2) is 4.79 Å². The van der Waals surface area contributed by atoms with E-state index in [-0.39, 0.29) is 6.54 Å². The number of carboxylic acid groups (broad SMARTS) is 1. The van der Waals surface area contributed by atoms with Gasteiger partial charge in [-0.05, 0) is 19.3 Å². The second-order valence-electron chi connectivity index (χ2n) is 4.33. The molecule has 1 fully saturated rings. The first-order chi connectivity index (χ1) is 7.55. The van der Waals surface area contributed by atoms with Crippen LogP contribution in [0.1, 0.15) is 32.6 Å². The van der Waals surface area contributed by atoms with Gasteiger partial charge in [-0.3, -0.25) is 4.79 Å². The van der Waals surface area contributed by atoms with Gasteiger partial charge in [0.1, 0.15) is 0 Å². The first-order valence-electron chi connectivity index (χ1n) is 5.62. The molecule has 92 valence electrons. The highest BCUT2D eigenvalue weighted by molar-refractivity contribution is 5.77. The Morgan fingerprint density at radius 3 is 2.69 bits per heavy atom. The van der Waals surface area contributed by atoms with Crippen LogP contribution in [-0.2, 0) is 9.53 Å². The average molecular weight is 229 g/mol. The minimum absolute atomic E-state index is 0.267. The number of hydrogen-bond donors (Lipinski definition) is 1. The van der Waals surface area contributed by atoms with Gasteiger partial charge in [0.25, 0.3) is 0 Å². The van der Waals surface area contributed by atoms with Gasteiger partial charge in [0.2, 0.25) is 0 Å². The molecule has 1 aliphatic heterocycles. The second kappa shape index (κ2) is 5.18. The first kappa shape index (κ1) is 12.8. The molecule has 0 aliphatic carbocycles. The fourth-order valence-electron chi connectivity index (χ4n) is 2.38. The number of carbonyl (C=O) groups excluding carboxylic acids is 1. The lowest BCUT2D eigenvalue weighted by molar-refractivity contribution is -0.152. The summed E-state index contributed by atoms with van der Waals surface area (Å²) in [5, 5.41) is 9.31. The minimum Gasteiger partial charge on any atom is -0.481 e. The van der Waals surface area contributed by atoms with Gasteiger partial charge < -0.3 is 14.7 Å². The fourth-order valence-corrected chi connectivity index (χ4v) is 2.38. The Labute approximate surface area is 95.4 Å². The standard InChI is InChI=1S/C11H19NO4/c1-3-5-11(9(13)14)6-4-7-12(8-11)10(15)16-2/h3-8H2,1-2H3,(H,13,14). The molecule has 0 radical (unpaired) electrons. The van der Waals surface area contributed by atoms with E-state index in [0.29, 0.717) is 19.4 Å². The van der Waals surface area contributed by atoms with Crippen molar-refractivity contribution in [3.05, 3.63) is 0 Å². The van der Waals surface area contributed by atoms with Crippen LogP contribution in [-0.4, -0.2) is 42.3 Å². The molecule has 0 bridgehead atoms. The number of amides is 1. The molecule has 0 aromatic carbocycles. The summed E-state index contributed by atoms with van der Waals surface area (Å²) >= 11 is 0. The molecule has 1 saturated heterocycles. The van der Waals surface area contributed by atoms with Crippen LogP contribution < -0.4 is 0 Å². The number of likely N-dealkylation sites (tertiary alicyclic amines) is 1. The third kappa shape index (κ3) is 2.46. The van der Waals surface area contributed by atoms with Crippen molar-refractivity contribution >= 4 is 12.1 Å². The SMILES string of the molecule is CCCC1(C(=O)O)CCCN(C(=O)OC)C1. The maximum absolute atomic E-state index is 11.4. The lowest BCUT2D eigenvalue weighted by Crippen LogP contribution is -2.49. The Balaban J connectivity index is 2.79. The van der Waals surface area contributed by atoms with E-state index in [1.807, 2.05) is 6.92 Å². The third-order valence-electron chi connectivity index (χ3n) is 3.19. The Morgan fingerprint density at radius 1 is 1.50 bits per heavy atom. The van der Waals surface area contributed by atoms with Crippen LogP contribution in [0.25, 0.3) is 0 Å². The van der Waals surface area contributed by atoms with Gasteiger partial charge >= 0.3 is 12.1 Å². The van der Waals surface area contributed by atoms with E-state index in [2.05, 4.69) is 4.74 Å². The van der Waals surface area contributed by atoms with Crippen LogP contribution in [0.2, 0.25) is 0 Å². The van der Waals surface area contributed by atoms with Crippen LogP contribution in [0.3, 0.4) is 0 Å². The monoisotopic (exact) mass is 229 g/mol. The van der Waals surface area contributed by atoms with Crippen molar-refractivity contribution in [2.45, 2.75) is 32.6 Å². The van der Waals surface area contributed by atoms with Gasteiger partial charge in [0.05, 0.1) is 12.5 Å². The maximum Gasteiger partial charge on any atom is 0.409 e. The third-order valence-corrected chi connectivity index (χ3v) is 3.19. The molecule has 1 aliphatic rings. The number of hydrogen-bond acceptors (Lipinski definition) is 3. The zero-order valence-corrected chi connectivity index (χ0v) is 9.86. The van der Waals surface area contributed by atoms with E-state index in [1.165, 1.54) is 12.0 Å². The summed E-state index contributed by atoms with van der Waals surface area (Å²) < 4.78 is 4.63. The van der Waals surface area contributed by atoms with Crippen LogP contribution in [0.5, 0.6) is 0 Å². The molecule has 1 unspecified atom stereocenters. The predicted molar refractivity (Wildman–Crippen MR) is 58.2 cm³/mol. The molecular formula is C11H19NO4. The topological polar surface area (TPSA) is 66.8 Å². The minimum atomic E-state index is -0.803. The number of aliphatic carboxylic acids is 1. The van der Waals surface area contributed by atoms with Crippen molar-refractivity contribution in [3.63, 3.8) is 0 Å². The van der Waals surface area contributed by atoms with Crippen LogP contribution in [0, 0.1) is 5.41 Å². The summed E-state index contributed by atoms with van der Waals surface area (Å²) in [7, 11) is 1.32. The summed E-state index contributed by atoms with van der Waals surface area (Å²) in [6.07, 6.45) is 2.35. The fraction of sp³-hybridized carbons (Fsp3) is 0.818. The van der Waals surface area contributed by atoms with Gasteiger partial charge in [-0.15, -0.1) is 0 Å². The smallest absolute Gasteiger partial charge is 0.409 e. The van der Waals surface area contributed by atoms with Gasteiger partial charge in [0, 0.05) is 13.1 Å². The molecule has 0 aromatic rings. The Morgan fingerprint density at radius 2 is 2.19 bits per heavy atom. The highest BCUT2D eigenvalue weighted by atomic mass is 16.5. The molecule has 16 heavy (non-hydrogen) atoms. The average Bonchev–Trinajstić information content (AvgIpc) is 2.28. The van der Waals surface area contributed by atoms with Crippen LogP contribution >= 0.6 is 0 Å². The molecule has 1 rings (SSSR count). The van der Waals surface area contributed by atoms with Crippen LogP contribution in [0.4, 0.5) is 4.79 Å². The van der Waals surface area contributed by atoms with Crippen LogP contribution in [0.15, 0.2) is 0 Å². The molecule has 1 atom stereocenters. The zero-order valence-electron chi connectivity index (χ0n) is 9.86. The lowest BCUT2D eigenvalue weighted by atomic mass is 9.76. The molecule has 0 aromatic heterocycles. The molecule has 0 spiro atoms. The quantitative estimate of drug-likeness (QED) is 0.800. The van der Waals surface area contributed by atoms with Crippen molar-refractivity contribution in [2.75, 3.05) is 20.2 Å². The number of piperidine rings is 1. The number of nitrogens with zero attached hydrogens (tertiary/aromatic N) is 1. The highest BCUT2D eigenvalue weighted by Gasteiger charge is 2.43. The van der Waals surface area contributed by atoms with Crippen molar-refractivity contribution in [1.82, 2.24) is 4.90 Å². The number of carboxylic acids is 1. The number of ether oxygens (including phenoxy) is 1. The first-order valence-corrected chi connectivity index (χ1v) is 5.62. The predicted octanol–water partition coefficient (Wildman–Crippen LogP) is 1.72. The van der Waals surface area contributed by atoms with E-state index in [0.717, 1.165) is 12.8 Å². The second-order valence-corrected chi connectivity index (χ2v) is 4.33. The summed E-state index contributed by atoms with van der Waals surface area (Å²) in [6.45, 7) is 2.82. The lowest BCUT2D eigenvalue weighted by Gasteiger charge is -2.39. The van der Waals surface area contributed by atoms with Crippen molar-refractivity contribution < 1.29 is 19.4 Å². The van der Waals surface area contributed by atoms with Gasteiger partial charge in [-0.1, -0.05) is 13.3 Å². The summed E-state index contributed by atoms with van der Waals surface area (Å²) in [5.41, 5.74) is -0.777. The molecule has 1 heterocycles. The number of methoxy groups -OCH3 is 1. The highest BCUT2D eigenvalue weighted by Crippen LogP contribution is 2.35. The van der Waals surface area contributed by atoms with Crippen molar-refractivity contribution in [3.8, 4) is 0 Å². The van der Waals surface area contributed by atoms with E-state index < -0.39 is 17.5 Å². The van der Waals surface area contributed by atoms with E-state index in [4.69, 9.17) is 0 Å². The van der Waals surface area contributed by atoms with Crippen molar-refractivity contribution in [1.29, 1.82) is 0 Å². The Hall–Kier alpha value is -1.26. The zero-order chi connectivity index (χ0) is 12.2. The number of rotatable bonds is 3. The molecule has 5 heteroatoms. The Kier molecular flexibility index (Phi) is 4.15. The Bertz CT molecular complexity index is 275. The largest absolute Gasteiger partial charge is 0.481 e. The molecule has 0 saturated carbocycles. The summed E-state index contributed by atoms with van der Waals surface area (Å²) in [6, 6.07) is 0. The van der Waals surface area contributed by atoms with E-state index in [1.54, 1.807) is 0 Å². The van der Waals surface area contributed by atoms with E-state index >= 15 is 0 Å². The molecule has 5 nitrogen and oxygen atoms in total.